The smallest absolute Gasteiger partial charge is 0.195 e. The Hall–Kier alpha value is -3.34. The number of pyridine rings is 1. The Morgan fingerprint density at radius 2 is 1.82 bits per heavy atom. The van der Waals surface area contributed by atoms with Crippen LogP contribution in [0.25, 0.3) is 22.4 Å². The van der Waals surface area contributed by atoms with Crippen molar-refractivity contribution in [1.82, 2.24) is 4.98 Å². The monoisotopic (exact) mass is 468 g/mol. The van der Waals surface area contributed by atoms with Gasteiger partial charge in [0.15, 0.2) is 5.43 Å². The third kappa shape index (κ3) is 4.58. The SMILES string of the molecule is Cc1ccc(-c2c(-c3ccc(C#N)c(F)c3)[nH]c(N3CCC(N)CC3)c(C)c2=O)cc1O.Cl. The van der Waals surface area contributed by atoms with Crippen molar-refractivity contribution in [1.29, 1.82) is 5.26 Å². The molecular weight excluding hydrogens is 443 g/mol. The first-order valence-electron chi connectivity index (χ1n) is 10.6. The maximum absolute atomic E-state index is 14.5. The molecule has 0 bridgehead atoms. The zero-order valence-electron chi connectivity index (χ0n) is 18.5. The predicted octanol–water partition coefficient (Wildman–Crippen LogP) is 4.39. The number of H-pyrrole nitrogens is 1. The summed E-state index contributed by atoms with van der Waals surface area (Å²) in [4.78, 5) is 19.1. The van der Waals surface area contributed by atoms with Crippen LogP contribution in [0.5, 0.6) is 5.75 Å². The average molecular weight is 469 g/mol. The summed E-state index contributed by atoms with van der Waals surface area (Å²) in [6.45, 7) is 4.96. The first-order valence-corrected chi connectivity index (χ1v) is 10.6. The highest BCUT2D eigenvalue weighted by Gasteiger charge is 2.24. The highest BCUT2D eigenvalue weighted by molar-refractivity contribution is 5.85. The Kier molecular flexibility index (Phi) is 7.11. The number of nitriles is 1. The van der Waals surface area contributed by atoms with Crippen LogP contribution in [-0.4, -0.2) is 29.2 Å². The van der Waals surface area contributed by atoms with Gasteiger partial charge in [0.2, 0.25) is 0 Å². The zero-order valence-corrected chi connectivity index (χ0v) is 19.3. The Bertz CT molecular complexity index is 1290. The number of piperidine rings is 1. The van der Waals surface area contributed by atoms with Gasteiger partial charge >= 0.3 is 0 Å². The number of aromatic hydroxyl groups is 1. The lowest BCUT2D eigenvalue weighted by Gasteiger charge is -2.33. The molecular formula is C25H26ClFN4O2. The molecule has 1 aromatic heterocycles. The molecule has 1 saturated heterocycles. The minimum absolute atomic E-state index is 0. The average Bonchev–Trinajstić information content (AvgIpc) is 2.78. The van der Waals surface area contributed by atoms with Crippen molar-refractivity contribution >= 4 is 18.2 Å². The first-order chi connectivity index (χ1) is 15.3. The fraction of sp³-hybridized carbons (Fsp3) is 0.280. The number of nitrogens with two attached hydrogens (primary N) is 1. The standard InChI is InChI=1S/C25H25FN4O2.ClH/c1-14-3-4-16(12-21(14)31)22-23(17-5-6-18(13-27)20(26)11-17)29-25(15(2)24(22)32)30-9-7-19(28)8-10-30;/h3-6,11-12,19,31H,7-10,28H2,1-2H3,(H,29,32);1H. The van der Waals surface area contributed by atoms with E-state index < -0.39 is 5.82 Å². The molecule has 1 fully saturated rings. The molecule has 6 nitrogen and oxygen atoms in total. The molecule has 3 aromatic rings. The summed E-state index contributed by atoms with van der Waals surface area (Å²) < 4.78 is 14.5. The second-order valence-electron chi connectivity index (χ2n) is 8.31. The number of hydrogen-bond donors (Lipinski definition) is 3. The van der Waals surface area contributed by atoms with Crippen molar-refractivity contribution in [3.05, 3.63) is 69.1 Å². The Balaban J connectivity index is 0.00000306. The summed E-state index contributed by atoms with van der Waals surface area (Å²) in [5.74, 6) is 0.0991. The van der Waals surface area contributed by atoms with E-state index in [1.807, 2.05) is 6.07 Å². The van der Waals surface area contributed by atoms with E-state index >= 15 is 0 Å². The number of nitrogens with one attached hydrogen (secondary N) is 1. The van der Waals surface area contributed by atoms with E-state index in [1.165, 1.54) is 12.1 Å². The number of phenolic OH excluding ortho intramolecular Hbond substituents is 1. The van der Waals surface area contributed by atoms with Gasteiger partial charge in [0, 0.05) is 30.3 Å². The van der Waals surface area contributed by atoms with Crippen LogP contribution in [0.15, 0.2) is 41.2 Å². The minimum atomic E-state index is -0.658. The molecule has 8 heteroatoms. The van der Waals surface area contributed by atoms with Crippen LogP contribution in [0.1, 0.15) is 29.5 Å². The summed E-state index contributed by atoms with van der Waals surface area (Å²) in [6.07, 6.45) is 1.63. The molecule has 0 unspecified atom stereocenters. The van der Waals surface area contributed by atoms with Crippen LogP contribution in [0.4, 0.5) is 10.2 Å². The lowest BCUT2D eigenvalue weighted by atomic mass is 9.95. The maximum Gasteiger partial charge on any atom is 0.195 e. The molecule has 172 valence electrons. The summed E-state index contributed by atoms with van der Waals surface area (Å²) in [5.41, 5.74) is 8.79. The molecule has 33 heavy (non-hydrogen) atoms. The van der Waals surface area contributed by atoms with E-state index in [0.29, 0.717) is 52.4 Å². The van der Waals surface area contributed by atoms with Crippen molar-refractivity contribution in [3.8, 4) is 34.2 Å². The van der Waals surface area contributed by atoms with E-state index in [0.717, 1.165) is 12.8 Å². The molecule has 0 saturated carbocycles. The highest BCUT2D eigenvalue weighted by atomic mass is 35.5. The molecule has 4 N–H and O–H groups in total. The minimum Gasteiger partial charge on any atom is -0.508 e. The van der Waals surface area contributed by atoms with E-state index in [9.17, 15) is 14.3 Å². The van der Waals surface area contributed by atoms with E-state index in [2.05, 4.69) is 9.88 Å². The fourth-order valence-electron chi connectivity index (χ4n) is 4.14. The van der Waals surface area contributed by atoms with Crippen LogP contribution in [0.3, 0.4) is 0 Å². The molecule has 0 amide bonds. The number of nitrogens with zero attached hydrogens (tertiary/aromatic N) is 2. The number of halogens is 2. The van der Waals surface area contributed by atoms with Crippen LogP contribution in [-0.2, 0) is 0 Å². The first kappa shape index (κ1) is 24.3. The number of rotatable bonds is 3. The topological polar surface area (TPSA) is 106 Å². The third-order valence-corrected chi connectivity index (χ3v) is 6.15. The van der Waals surface area contributed by atoms with Crippen molar-refractivity contribution in [2.75, 3.05) is 18.0 Å². The largest absolute Gasteiger partial charge is 0.508 e. The number of anilines is 1. The van der Waals surface area contributed by atoms with Crippen molar-refractivity contribution < 1.29 is 9.50 Å². The Morgan fingerprint density at radius 3 is 2.42 bits per heavy atom. The molecule has 0 spiro atoms. The van der Waals surface area contributed by atoms with Crippen molar-refractivity contribution in [2.45, 2.75) is 32.7 Å². The van der Waals surface area contributed by atoms with Crippen molar-refractivity contribution in [2.24, 2.45) is 5.73 Å². The van der Waals surface area contributed by atoms with Gasteiger partial charge < -0.3 is 20.7 Å². The normalized spacial score (nSPS) is 14.0. The highest BCUT2D eigenvalue weighted by Crippen LogP contribution is 2.34. The van der Waals surface area contributed by atoms with Crippen LogP contribution >= 0.6 is 12.4 Å². The Labute approximate surface area is 197 Å². The van der Waals surface area contributed by atoms with Gasteiger partial charge in [0.25, 0.3) is 0 Å². The summed E-state index contributed by atoms with van der Waals surface area (Å²) in [7, 11) is 0. The molecule has 4 rings (SSSR count). The number of phenols is 1. The Morgan fingerprint density at radius 1 is 1.15 bits per heavy atom. The number of hydrogen-bond acceptors (Lipinski definition) is 5. The maximum atomic E-state index is 14.5. The number of aromatic nitrogens is 1. The van der Waals surface area contributed by atoms with Crippen molar-refractivity contribution in [3.63, 3.8) is 0 Å². The van der Waals surface area contributed by atoms with Gasteiger partial charge in [-0.2, -0.15) is 5.26 Å². The zero-order chi connectivity index (χ0) is 23.0. The predicted molar refractivity (Wildman–Crippen MR) is 130 cm³/mol. The fourth-order valence-corrected chi connectivity index (χ4v) is 4.14. The molecule has 2 heterocycles. The van der Waals surface area contributed by atoms with Gasteiger partial charge in [0.05, 0.1) is 16.8 Å². The quantitative estimate of drug-likeness (QED) is 0.528. The second kappa shape index (κ2) is 9.65. The summed E-state index contributed by atoms with van der Waals surface area (Å²) in [6, 6.07) is 11.3. The molecule has 0 atom stereocenters. The van der Waals surface area contributed by atoms with Crippen LogP contribution in [0.2, 0.25) is 0 Å². The van der Waals surface area contributed by atoms with Gasteiger partial charge in [-0.05, 0) is 56.0 Å². The molecule has 1 aliphatic heterocycles. The van der Waals surface area contributed by atoms with E-state index in [1.54, 1.807) is 38.1 Å². The molecule has 0 radical (unpaired) electrons. The summed E-state index contributed by atoms with van der Waals surface area (Å²) in [5, 5.41) is 19.3. The summed E-state index contributed by atoms with van der Waals surface area (Å²) >= 11 is 0. The number of aryl methyl sites for hydroxylation is 1. The molecule has 2 aromatic carbocycles. The van der Waals surface area contributed by atoms with Gasteiger partial charge in [0.1, 0.15) is 23.5 Å². The second-order valence-corrected chi connectivity index (χ2v) is 8.31. The van der Waals surface area contributed by atoms with Gasteiger partial charge in [-0.25, -0.2) is 4.39 Å². The number of aromatic amines is 1. The van der Waals surface area contributed by atoms with Gasteiger partial charge in [-0.1, -0.05) is 18.2 Å². The lowest BCUT2D eigenvalue weighted by Crippen LogP contribution is -2.41. The van der Waals surface area contributed by atoms with E-state index in [4.69, 9.17) is 11.0 Å². The lowest BCUT2D eigenvalue weighted by molar-refractivity contribution is 0.471. The number of benzene rings is 2. The van der Waals surface area contributed by atoms with E-state index in [-0.39, 0.29) is 35.2 Å². The van der Waals surface area contributed by atoms with Gasteiger partial charge in [-0.15, -0.1) is 12.4 Å². The molecule has 0 aliphatic carbocycles. The molecule has 1 aliphatic rings. The van der Waals surface area contributed by atoms with Crippen LogP contribution < -0.4 is 16.1 Å². The van der Waals surface area contributed by atoms with Gasteiger partial charge in [-0.3, -0.25) is 4.79 Å². The third-order valence-electron chi connectivity index (χ3n) is 6.15. The van der Waals surface area contributed by atoms with Crippen LogP contribution in [0, 0.1) is 31.0 Å².